The van der Waals surface area contributed by atoms with E-state index in [4.69, 9.17) is 32.3 Å². The number of unbranched alkanes of at least 4 members (excludes halogenated alkanes) is 22. The SMILES string of the molecule is CC/C=C\C/C=C\C/C=C\C/C=C\C/C=C\C/C=C\CCCCC(=O)OCC(COP(=O)(O)OCC(O)COP(=O)(O)OCC(O)COC(=O)CCCCCCCCCCCCC/C=C\C/C=C\C/C=C\C/C=C\C/C=C\CC)OC(=O)CCCCCCCC/C=C\C/C=C\C/C=C\CCCCC. The van der Waals surface area contributed by atoms with E-state index in [1.54, 1.807) is 0 Å². The number of aliphatic hydroxyl groups is 2. The lowest BCUT2D eigenvalue weighted by Gasteiger charge is -2.21. The van der Waals surface area contributed by atoms with Crippen LogP contribution in [0.1, 0.15) is 290 Å². The minimum atomic E-state index is -4.95. The van der Waals surface area contributed by atoms with E-state index in [1.807, 2.05) is 0 Å². The Kier molecular flexibility index (Phi) is 72.8. The van der Waals surface area contributed by atoms with E-state index in [1.165, 1.54) is 57.8 Å². The molecule has 0 amide bonds. The van der Waals surface area contributed by atoms with E-state index < -0.39 is 91.5 Å². The number of phosphoric ester groups is 2. The van der Waals surface area contributed by atoms with Crippen molar-refractivity contribution in [1.29, 1.82) is 0 Å². The Labute approximate surface area is 624 Å². The summed E-state index contributed by atoms with van der Waals surface area (Å²) >= 11 is 0. The lowest BCUT2D eigenvalue weighted by molar-refractivity contribution is -0.161. The molecule has 18 heteroatoms. The zero-order valence-electron chi connectivity index (χ0n) is 63.9. The Hall–Kier alpha value is -5.09. The summed E-state index contributed by atoms with van der Waals surface area (Å²) in [6.07, 6.45) is 96.8. The number of allylic oxidation sites excluding steroid dienone is 28. The first-order chi connectivity index (χ1) is 50.2. The van der Waals surface area contributed by atoms with Crippen molar-refractivity contribution in [3.63, 3.8) is 0 Å². The summed E-state index contributed by atoms with van der Waals surface area (Å²) in [5.41, 5.74) is 0. The predicted molar refractivity (Wildman–Crippen MR) is 426 cm³/mol. The number of carbonyl (C=O) groups excluding carboxylic acids is 3. The Bertz CT molecular complexity index is 2550. The highest BCUT2D eigenvalue weighted by molar-refractivity contribution is 7.47. The van der Waals surface area contributed by atoms with Crippen LogP contribution in [0.2, 0.25) is 0 Å². The number of hydrogen-bond donors (Lipinski definition) is 4. The van der Waals surface area contributed by atoms with Crippen molar-refractivity contribution in [3.8, 4) is 0 Å². The van der Waals surface area contributed by atoms with Crippen LogP contribution in [-0.4, -0.2) is 95.9 Å². The second-order valence-corrected chi connectivity index (χ2v) is 28.7. The summed E-state index contributed by atoms with van der Waals surface area (Å²) in [6.45, 7) is 2.35. The Morgan fingerprint density at radius 3 is 0.835 bits per heavy atom. The molecule has 0 aromatic rings. The molecule has 0 fully saturated rings. The molecule has 0 aromatic carbocycles. The van der Waals surface area contributed by atoms with Gasteiger partial charge in [-0.25, -0.2) is 9.13 Å². The fourth-order valence-corrected chi connectivity index (χ4v) is 11.5. The number of phosphoric acid groups is 2. The molecular weight excluding hydrogens is 1340 g/mol. The molecule has 0 spiro atoms. The van der Waals surface area contributed by atoms with E-state index >= 15 is 0 Å². The first-order valence-corrected chi connectivity index (χ1v) is 42.4. The maximum absolute atomic E-state index is 13.0. The average Bonchev–Trinajstić information content (AvgIpc) is 0.936. The van der Waals surface area contributed by atoms with E-state index in [9.17, 15) is 43.5 Å². The van der Waals surface area contributed by atoms with Gasteiger partial charge in [0.05, 0.1) is 26.4 Å². The summed E-state index contributed by atoms with van der Waals surface area (Å²) in [5, 5.41) is 20.6. The molecule has 0 radical (unpaired) electrons. The number of esters is 3. The molecule has 0 aromatic heterocycles. The van der Waals surface area contributed by atoms with Crippen molar-refractivity contribution in [2.45, 2.75) is 309 Å². The van der Waals surface area contributed by atoms with Crippen LogP contribution in [0.5, 0.6) is 0 Å². The van der Waals surface area contributed by atoms with E-state index in [0.29, 0.717) is 19.3 Å². The van der Waals surface area contributed by atoms with Gasteiger partial charge >= 0.3 is 33.6 Å². The van der Waals surface area contributed by atoms with Crippen molar-refractivity contribution < 1.29 is 75.8 Å². The highest BCUT2D eigenvalue weighted by Crippen LogP contribution is 2.45. The van der Waals surface area contributed by atoms with Crippen LogP contribution in [0, 0.1) is 0 Å². The molecule has 5 atom stereocenters. The molecule has 16 nitrogen and oxygen atoms in total. The number of ether oxygens (including phenoxy) is 3. The molecule has 0 rings (SSSR count). The lowest BCUT2D eigenvalue weighted by Crippen LogP contribution is -2.30. The minimum Gasteiger partial charge on any atom is -0.463 e. The van der Waals surface area contributed by atoms with Gasteiger partial charge in [-0.05, 0) is 154 Å². The van der Waals surface area contributed by atoms with Crippen molar-refractivity contribution in [2.24, 2.45) is 0 Å². The van der Waals surface area contributed by atoms with E-state index in [0.717, 1.165) is 173 Å². The molecule has 103 heavy (non-hydrogen) atoms. The van der Waals surface area contributed by atoms with E-state index in [2.05, 4.69) is 191 Å². The first kappa shape index (κ1) is 97.9. The Balaban J connectivity index is 4.68. The number of hydrogen-bond acceptors (Lipinski definition) is 14. The van der Waals surface area contributed by atoms with Gasteiger partial charge in [-0.1, -0.05) is 287 Å². The Morgan fingerprint density at radius 1 is 0.282 bits per heavy atom. The van der Waals surface area contributed by atoms with Crippen LogP contribution in [0.15, 0.2) is 170 Å². The largest absolute Gasteiger partial charge is 0.472 e. The molecule has 0 aliphatic rings. The third-order valence-electron chi connectivity index (χ3n) is 15.9. The molecule has 0 bridgehead atoms. The van der Waals surface area contributed by atoms with Gasteiger partial charge < -0.3 is 34.2 Å². The van der Waals surface area contributed by atoms with Crippen molar-refractivity contribution in [2.75, 3.05) is 39.6 Å². The van der Waals surface area contributed by atoms with Gasteiger partial charge in [0.25, 0.3) is 0 Å². The summed E-state index contributed by atoms with van der Waals surface area (Å²) in [5.74, 6) is -1.65. The van der Waals surface area contributed by atoms with Gasteiger partial charge in [-0.3, -0.25) is 32.5 Å². The third kappa shape index (κ3) is 77.8. The standard InChI is InChI=1S/C85H140O16P2/c1-4-7-10-13-16-19-22-25-28-31-34-36-37-38-39-40-41-43-46-47-50-53-56-59-62-65-68-71-83(88)95-74-80(86)75-97-102(91,92)98-76-81(87)77-99-103(93,94)100-79-82(101-85(90)73-70-67-64-61-58-55-52-49-44-33-30-27-24-21-18-15-12-9-6-3)78-96-84(89)72-69-66-63-60-57-54-51-48-45-42-35-32-29-26-23-20-17-14-11-8-5-2/h7-8,10-11,16-21,25-30,34-36,38-39,42,44,48-49,51,57,60,80-82,86-87H,4-6,9,12-15,22-24,31-33,37,40-41,43,45-47,50,52-56,58-59,61-79H2,1-3H3,(H,91,92)(H,93,94)/b10-7-,11-8-,19-16-,20-17-,21-18-,28-25-,29-26-,30-27-,36-34-,39-38-,42-35-,49-44-,51-48-,60-57-. The molecule has 586 valence electrons. The maximum Gasteiger partial charge on any atom is 0.472 e. The van der Waals surface area contributed by atoms with Gasteiger partial charge in [0.15, 0.2) is 6.10 Å². The number of rotatable bonds is 73. The summed E-state index contributed by atoms with van der Waals surface area (Å²) in [7, 11) is -9.82. The van der Waals surface area contributed by atoms with Crippen LogP contribution < -0.4 is 0 Å². The fourth-order valence-electron chi connectivity index (χ4n) is 9.96. The zero-order valence-corrected chi connectivity index (χ0v) is 65.7. The number of aliphatic hydroxyl groups excluding tert-OH is 2. The highest BCUT2D eigenvalue weighted by Gasteiger charge is 2.29. The average molecular weight is 1480 g/mol. The van der Waals surface area contributed by atoms with Crippen molar-refractivity contribution >= 4 is 33.6 Å². The topological polar surface area (TPSA) is 231 Å². The summed E-state index contributed by atoms with van der Waals surface area (Å²) < 4.78 is 61.1. The first-order valence-electron chi connectivity index (χ1n) is 39.4. The van der Waals surface area contributed by atoms with Gasteiger partial charge in [-0.2, -0.15) is 0 Å². The summed E-state index contributed by atoms with van der Waals surface area (Å²) in [4.78, 5) is 58.7. The smallest absolute Gasteiger partial charge is 0.463 e. The Morgan fingerprint density at radius 2 is 0.515 bits per heavy atom. The molecule has 0 saturated carbocycles. The van der Waals surface area contributed by atoms with Crippen LogP contribution in [0.3, 0.4) is 0 Å². The van der Waals surface area contributed by atoms with Gasteiger partial charge in [0.1, 0.15) is 25.4 Å². The van der Waals surface area contributed by atoms with E-state index in [-0.39, 0.29) is 19.3 Å². The molecule has 0 aliphatic heterocycles. The van der Waals surface area contributed by atoms with Crippen LogP contribution in [-0.2, 0) is 55.8 Å². The lowest BCUT2D eigenvalue weighted by atomic mass is 10.0. The molecule has 4 N–H and O–H groups in total. The molecular formula is C85H140O16P2. The number of carbonyl (C=O) groups is 3. The van der Waals surface area contributed by atoms with Gasteiger partial charge in [0, 0.05) is 19.3 Å². The normalized spacial score (nSPS) is 14.9. The van der Waals surface area contributed by atoms with Crippen molar-refractivity contribution in [1.82, 2.24) is 0 Å². The summed E-state index contributed by atoms with van der Waals surface area (Å²) in [6, 6.07) is 0. The second-order valence-electron chi connectivity index (χ2n) is 25.7. The van der Waals surface area contributed by atoms with Crippen molar-refractivity contribution in [3.05, 3.63) is 170 Å². The predicted octanol–water partition coefficient (Wildman–Crippen LogP) is 23.2. The zero-order chi connectivity index (χ0) is 75.2. The quantitative estimate of drug-likeness (QED) is 0.0146. The highest BCUT2D eigenvalue weighted by atomic mass is 31.2. The van der Waals surface area contributed by atoms with Crippen LogP contribution >= 0.6 is 15.6 Å². The van der Waals surface area contributed by atoms with Crippen LogP contribution in [0.4, 0.5) is 0 Å². The minimum absolute atomic E-state index is 0.0741. The third-order valence-corrected chi connectivity index (χ3v) is 17.8. The van der Waals surface area contributed by atoms with Crippen LogP contribution in [0.25, 0.3) is 0 Å². The van der Waals surface area contributed by atoms with Gasteiger partial charge in [0.2, 0.25) is 0 Å². The second kappa shape index (κ2) is 76.6. The maximum atomic E-state index is 13.0. The molecule has 0 heterocycles. The fraction of sp³-hybridized carbons (Fsp3) is 0.635. The molecule has 0 saturated heterocycles. The monoisotopic (exact) mass is 1480 g/mol. The van der Waals surface area contributed by atoms with Gasteiger partial charge in [-0.15, -0.1) is 0 Å². The molecule has 5 unspecified atom stereocenters. The molecule has 0 aliphatic carbocycles.